The third-order valence-corrected chi connectivity index (χ3v) is 5.44. The largest absolute Gasteiger partial charge is 0.285 e. The normalized spacial score (nSPS) is 35.3. The third-order valence-electron chi connectivity index (χ3n) is 3.80. The average Bonchev–Trinajstić information content (AvgIpc) is 2.07. The van der Waals surface area contributed by atoms with Gasteiger partial charge in [-0.3, -0.25) is 4.55 Å². The minimum atomic E-state index is -4.73. The molecule has 0 aromatic heterocycles. The van der Waals surface area contributed by atoms with E-state index in [0.717, 1.165) is 6.92 Å². The van der Waals surface area contributed by atoms with Gasteiger partial charge in [0.1, 0.15) is 0 Å². The molecule has 1 aliphatic rings. The van der Waals surface area contributed by atoms with Gasteiger partial charge in [0, 0.05) is 6.42 Å². The highest BCUT2D eigenvalue weighted by molar-refractivity contribution is 7.87. The zero-order chi connectivity index (χ0) is 12.8. The summed E-state index contributed by atoms with van der Waals surface area (Å²) in [5.41, 5.74) is 0. The lowest BCUT2D eigenvalue weighted by Gasteiger charge is -2.42. The predicted molar refractivity (Wildman–Crippen MR) is 57.1 cm³/mol. The van der Waals surface area contributed by atoms with E-state index >= 15 is 0 Å². The van der Waals surface area contributed by atoms with E-state index in [1.807, 2.05) is 13.8 Å². The van der Waals surface area contributed by atoms with Crippen molar-refractivity contribution in [3.63, 3.8) is 0 Å². The van der Waals surface area contributed by atoms with E-state index in [4.69, 9.17) is 4.55 Å². The predicted octanol–water partition coefficient (Wildman–Crippen LogP) is 2.72. The van der Waals surface area contributed by atoms with Crippen LogP contribution in [0.15, 0.2) is 0 Å². The third kappa shape index (κ3) is 2.09. The lowest BCUT2D eigenvalue weighted by atomic mass is 9.75. The van der Waals surface area contributed by atoms with Crippen molar-refractivity contribution >= 4 is 10.1 Å². The molecule has 1 saturated carbocycles. The Morgan fingerprint density at radius 2 is 1.88 bits per heavy atom. The van der Waals surface area contributed by atoms with Crippen LogP contribution in [0, 0.1) is 11.8 Å². The molecular formula is C10H18F2O3S. The van der Waals surface area contributed by atoms with Crippen molar-refractivity contribution in [3.05, 3.63) is 0 Å². The highest BCUT2D eigenvalue weighted by Gasteiger charge is 2.61. The van der Waals surface area contributed by atoms with Gasteiger partial charge in [-0.15, -0.1) is 0 Å². The summed E-state index contributed by atoms with van der Waals surface area (Å²) in [6.45, 7) is 4.62. The SMILES string of the molecule is CC(C)C1CCC(C)(S(=O)(=O)O)C(F)(F)C1. The van der Waals surface area contributed by atoms with E-state index in [2.05, 4.69) is 0 Å². The highest BCUT2D eigenvalue weighted by Crippen LogP contribution is 2.49. The monoisotopic (exact) mass is 256 g/mol. The van der Waals surface area contributed by atoms with Crippen molar-refractivity contribution in [1.82, 2.24) is 0 Å². The Balaban J connectivity index is 3.04. The number of hydrogen-bond acceptors (Lipinski definition) is 2. The maximum atomic E-state index is 13.8. The van der Waals surface area contributed by atoms with E-state index in [1.165, 1.54) is 0 Å². The maximum absolute atomic E-state index is 13.8. The van der Waals surface area contributed by atoms with Crippen LogP contribution in [0.5, 0.6) is 0 Å². The molecule has 6 heteroatoms. The first-order valence-electron chi connectivity index (χ1n) is 5.36. The van der Waals surface area contributed by atoms with E-state index < -0.39 is 27.2 Å². The highest BCUT2D eigenvalue weighted by atomic mass is 32.2. The summed E-state index contributed by atoms with van der Waals surface area (Å²) in [6, 6.07) is 0. The molecule has 0 spiro atoms. The summed E-state index contributed by atoms with van der Waals surface area (Å²) in [4.78, 5) is 0. The van der Waals surface area contributed by atoms with Crippen molar-refractivity contribution in [1.29, 1.82) is 0 Å². The molecule has 1 rings (SSSR count). The summed E-state index contributed by atoms with van der Waals surface area (Å²) >= 11 is 0. The fourth-order valence-electron chi connectivity index (χ4n) is 2.18. The molecule has 1 fully saturated rings. The molecule has 2 unspecified atom stereocenters. The average molecular weight is 256 g/mol. The molecule has 0 aromatic rings. The minimum absolute atomic E-state index is 0.0943. The zero-order valence-corrected chi connectivity index (χ0v) is 10.5. The standard InChI is InChI=1S/C10H18F2O3S/c1-7(2)8-4-5-9(3,16(13,14)15)10(11,12)6-8/h7-8H,4-6H2,1-3H3,(H,13,14,15). The molecule has 0 aromatic carbocycles. The van der Waals surface area contributed by atoms with Crippen molar-refractivity contribution in [2.75, 3.05) is 0 Å². The lowest BCUT2D eigenvalue weighted by molar-refractivity contribution is -0.0899. The summed E-state index contributed by atoms with van der Waals surface area (Å²) in [6.07, 6.45) is -0.258. The fraction of sp³-hybridized carbons (Fsp3) is 1.00. The van der Waals surface area contributed by atoms with Crippen LogP contribution in [0.25, 0.3) is 0 Å². The van der Waals surface area contributed by atoms with Crippen molar-refractivity contribution in [2.24, 2.45) is 11.8 Å². The van der Waals surface area contributed by atoms with Crippen LogP contribution >= 0.6 is 0 Å². The Kier molecular flexibility index (Phi) is 3.38. The van der Waals surface area contributed by atoms with Crippen molar-refractivity contribution < 1.29 is 21.8 Å². The summed E-state index contributed by atoms with van der Waals surface area (Å²) in [7, 11) is -4.73. The van der Waals surface area contributed by atoms with Gasteiger partial charge in [0.15, 0.2) is 4.75 Å². The number of alkyl halides is 2. The molecule has 0 radical (unpaired) electrons. The Morgan fingerprint density at radius 3 is 2.19 bits per heavy atom. The molecule has 1 N–H and O–H groups in total. The fourth-order valence-corrected chi connectivity index (χ4v) is 3.01. The first kappa shape index (κ1) is 13.8. The summed E-state index contributed by atoms with van der Waals surface area (Å²) in [5.74, 6) is -3.46. The van der Waals surface area contributed by atoms with Gasteiger partial charge in [0.2, 0.25) is 0 Å². The van der Waals surface area contributed by atoms with Gasteiger partial charge in [0.05, 0.1) is 0 Å². The Labute approximate surface area is 95.0 Å². The van der Waals surface area contributed by atoms with Crippen LogP contribution < -0.4 is 0 Å². The Hall–Kier alpha value is -0.230. The van der Waals surface area contributed by atoms with Crippen LogP contribution in [0.4, 0.5) is 8.78 Å². The molecule has 0 amide bonds. The second kappa shape index (κ2) is 3.91. The van der Waals surface area contributed by atoms with Crippen LogP contribution in [-0.2, 0) is 10.1 Å². The van der Waals surface area contributed by atoms with Crippen molar-refractivity contribution in [2.45, 2.75) is 50.7 Å². The van der Waals surface area contributed by atoms with Crippen LogP contribution in [0.2, 0.25) is 0 Å². The zero-order valence-electron chi connectivity index (χ0n) is 9.70. The molecule has 3 nitrogen and oxygen atoms in total. The van der Waals surface area contributed by atoms with Gasteiger partial charge in [-0.25, -0.2) is 8.78 Å². The first-order valence-corrected chi connectivity index (χ1v) is 6.80. The molecular weight excluding hydrogens is 238 g/mol. The van der Waals surface area contributed by atoms with Gasteiger partial charge < -0.3 is 0 Å². The van der Waals surface area contributed by atoms with Gasteiger partial charge >= 0.3 is 0 Å². The van der Waals surface area contributed by atoms with Gasteiger partial charge in [-0.2, -0.15) is 8.42 Å². The van der Waals surface area contributed by atoms with Crippen molar-refractivity contribution in [3.8, 4) is 0 Å². The lowest BCUT2D eigenvalue weighted by Crippen LogP contribution is -2.55. The van der Waals surface area contributed by atoms with E-state index in [-0.39, 0.29) is 18.3 Å². The van der Waals surface area contributed by atoms with E-state index in [1.54, 1.807) is 0 Å². The number of rotatable bonds is 2. The summed E-state index contributed by atoms with van der Waals surface area (Å²) in [5, 5.41) is 0. The quantitative estimate of drug-likeness (QED) is 0.773. The van der Waals surface area contributed by atoms with E-state index in [0.29, 0.717) is 6.42 Å². The molecule has 0 bridgehead atoms. The molecule has 96 valence electrons. The Morgan fingerprint density at radius 1 is 1.38 bits per heavy atom. The molecule has 16 heavy (non-hydrogen) atoms. The molecule has 1 aliphatic carbocycles. The summed E-state index contributed by atoms with van der Waals surface area (Å²) < 4.78 is 56.4. The maximum Gasteiger partial charge on any atom is 0.276 e. The molecule has 0 saturated heterocycles. The Bertz CT molecular complexity index is 364. The number of hydrogen-bond donors (Lipinski definition) is 1. The second-order valence-corrected chi connectivity index (χ2v) is 7.01. The van der Waals surface area contributed by atoms with Crippen LogP contribution in [0.1, 0.15) is 40.0 Å². The smallest absolute Gasteiger partial charge is 0.276 e. The van der Waals surface area contributed by atoms with Gasteiger partial charge in [-0.05, 0) is 31.6 Å². The van der Waals surface area contributed by atoms with Gasteiger partial charge in [0.25, 0.3) is 16.0 Å². The minimum Gasteiger partial charge on any atom is -0.285 e. The number of halogens is 2. The van der Waals surface area contributed by atoms with E-state index in [9.17, 15) is 17.2 Å². The van der Waals surface area contributed by atoms with Crippen LogP contribution in [-0.4, -0.2) is 23.6 Å². The second-order valence-electron chi connectivity index (χ2n) is 5.16. The topological polar surface area (TPSA) is 54.4 Å². The van der Waals surface area contributed by atoms with Gasteiger partial charge in [-0.1, -0.05) is 13.8 Å². The first-order chi connectivity index (χ1) is 7.01. The molecule has 2 atom stereocenters. The molecule has 0 aliphatic heterocycles. The van der Waals surface area contributed by atoms with Crippen LogP contribution in [0.3, 0.4) is 0 Å². The molecule has 0 heterocycles.